The lowest BCUT2D eigenvalue weighted by molar-refractivity contribution is 0.332. The SMILES string of the molecule is CC1(C)CCC(C)(C)c2cc3c(cc21)c1ccccc1n3-c1ccc2cc(-c3nc(-c4ccccc4)nc(-c4cccc(-c5ccccc5)c4)n3)ccc2c1. The van der Waals surface area contributed by atoms with Crippen molar-refractivity contribution in [2.45, 2.75) is 51.4 Å². The Labute approximate surface area is 322 Å². The van der Waals surface area contributed by atoms with E-state index in [1.165, 1.54) is 51.2 Å². The Morgan fingerprint density at radius 2 is 0.945 bits per heavy atom. The van der Waals surface area contributed by atoms with E-state index < -0.39 is 0 Å². The van der Waals surface area contributed by atoms with E-state index in [4.69, 9.17) is 15.0 Å². The highest BCUT2D eigenvalue weighted by molar-refractivity contribution is 6.10. The highest BCUT2D eigenvalue weighted by Crippen LogP contribution is 2.48. The third-order valence-corrected chi connectivity index (χ3v) is 11.9. The first kappa shape index (κ1) is 33.2. The van der Waals surface area contributed by atoms with Crippen LogP contribution in [0.25, 0.3) is 83.6 Å². The Morgan fingerprint density at radius 3 is 1.67 bits per heavy atom. The highest BCUT2D eigenvalue weighted by Gasteiger charge is 2.37. The van der Waals surface area contributed by atoms with Gasteiger partial charge >= 0.3 is 0 Å². The van der Waals surface area contributed by atoms with Gasteiger partial charge in [-0.1, -0.05) is 143 Å². The Bertz CT molecular complexity index is 2920. The molecule has 0 aliphatic heterocycles. The van der Waals surface area contributed by atoms with Gasteiger partial charge in [0.1, 0.15) is 0 Å². The lowest BCUT2D eigenvalue weighted by atomic mass is 9.63. The van der Waals surface area contributed by atoms with Crippen molar-refractivity contribution < 1.29 is 0 Å². The molecule has 0 saturated heterocycles. The maximum absolute atomic E-state index is 5.10. The van der Waals surface area contributed by atoms with Crippen molar-refractivity contribution in [1.29, 1.82) is 0 Å². The maximum atomic E-state index is 5.10. The van der Waals surface area contributed by atoms with Crippen LogP contribution in [0, 0.1) is 0 Å². The van der Waals surface area contributed by atoms with Crippen LogP contribution in [-0.4, -0.2) is 19.5 Å². The van der Waals surface area contributed by atoms with Gasteiger partial charge in [0.2, 0.25) is 0 Å². The molecule has 0 bridgehead atoms. The second kappa shape index (κ2) is 12.6. The molecule has 2 heterocycles. The third-order valence-electron chi connectivity index (χ3n) is 11.9. The van der Waals surface area contributed by atoms with E-state index in [1.807, 2.05) is 24.3 Å². The van der Waals surface area contributed by atoms with Crippen molar-refractivity contribution in [1.82, 2.24) is 19.5 Å². The molecule has 4 heteroatoms. The molecular formula is C51H42N4. The first-order valence-electron chi connectivity index (χ1n) is 19.3. The smallest absolute Gasteiger partial charge is 0.164 e. The van der Waals surface area contributed by atoms with Crippen LogP contribution in [-0.2, 0) is 10.8 Å². The summed E-state index contributed by atoms with van der Waals surface area (Å²) in [7, 11) is 0. The number of aromatic nitrogens is 4. The van der Waals surface area contributed by atoms with E-state index in [0.29, 0.717) is 17.5 Å². The van der Waals surface area contributed by atoms with Gasteiger partial charge in [-0.15, -0.1) is 0 Å². The van der Waals surface area contributed by atoms with E-state index in [9.17, 15) is 0 Å². The van der Waals surface area contributed by atoms with E-state index in [2.05, 4.69) is 166 Å². The molecule has 0 atom stereocenters. The fraction of sp³-hybridized carbons (Fsp3) is 0.157. The molecule has 7 aromatic carbocycles. The number of hydrogen-bond donors (Lipinski definition) is 0. The van der Waals surface area contributed by atoms with E-state index in [-0.39, 0.29) is 10.8 Å². The predicted molar refractivity (Wildman–Crippen MR) is 229 cm³/mol. The molecule has 0 radical (unpaired) electrons. The zero-order valence-corrected chi connectivity index (χ0v) is 31.7. The summed E-state index contributed by atoms with van der Waals surface area (Å²) in [6, 6.07) is 56.3. The van der Waals surface area contributed by atoms with Crippen LogP contribution in [0.4, 0.5) is 0 Å². The summed E-state index contributed by atoms with van der Waals surface area (Å²) in [5, 5.41) is 4.92. The highest BCUT2D eigenvalue weighted by atomic mass is 15.0. The number of hydrogen-bond acceptors (Lipinski definition) is 3. The monoisotopic (exact) mass is 710 g/mol. The lowest BCUT2D eigenvalue weighted by Crippen LogP contribution is -2.33. The molecule has 0 amide bonds. The Balaban J connectivity index is 1.10. The van der Waals surface area contributed by atoms with Gasteiger partial charge in [0, 0.05) is 33.2 Å². The van der Waals surface area contributed by atoms with E-state index in [1.54, 1.807) is 0 Å². The molecular weight excluding hydrogens is 669 g/mol. The van der Waals surface area contributed by atoms with Crippen LogP contribution in [0.1, 0.15) is 51.7 Å². The molecule has 0 saturated carbocycles. The minimum atomic E-state index is 0.125. The van der Waals surface area contributed by atoms with Gasteiger partial charge in [-0.25, -0.2) is 15.0 Å². The number of fused-ring (bicyclic) bond motifs is 5. The van der Waals surface area contributed by atoms with Gasteiger partial charge in [0.25, 0.3) is 0 Å². The third kappa shape index (κ3) is 5.72. The first-order valence-corrected chi connectivity index (χ1v) is 19.3. The molecule has 0 spiro atoms. The average molecular weight is 711 g/mol. The summed E-state index contributed by atoms with van der Waals surface area (Å²) in [6.45, 7) is 9.64. The van der Waals surface area contributed by atoms with Crippen LogP contribution in [0.2, 0.25) is 0 Å². The number of para-hydroxylation sites is 1. The van der Waals surface area contributed by atoms with Gasteiger partial charge in [-0.2, -0.15) is 0 Å². The molecule has 55 heavy (non-hydrogen) atoms. The number of nitrogens with zero attached hydrogens (tertiary/aromatic N) is 4. The van der Waals surface area contributed by atoms with Crippen LogP contribution in [0.3, 0.4) is 0 Å². The molecule has 10 rings (SSSR count). The Hall–Kier alpha value is -6.39. The van der Waals surface area contributed by atoms with Crippen molar-refractivity contribution in [3.8, 4) is 51.0 Å². The molecule has 266 valence electrons. The van der Waals surface area contributed by atoms with Crippen LogP contribution in [0.15, 0.2) is 158 Å². The molecule has 0 fully saturated rings. The van der Waals surface area contributed by atoms with E-state index >= 15 is 0 Å². The first-order chi connectivity index (χ1) is 26.7. The summed E-state index contributed by atoms with van der Waals surface area (Å²) in [6.07, 6.45) is 2.39. The molecule has 2 aromatic heterocycles. The summed E-state index contributed by atoms with van der Waals surface area (Å²) in [4.78, 5) is 15.1. The van der Waals surface area contributed by atoms with Crippen LogP contribution in [0.5, 0.6) is 0 Å². The molecule has 9 aromatic rings. The van der Waals surface area contributed by atoms with Crippen LogP contribution < -0.4 is 0 Å². The molecule has 0 N–H and O–H groups in total. The van der Waals surface area contributed by atoms with Crippen LogP contribution >= 0.6 is 0 Å². The van der Waals surface area contributed by atoms with Crippen molar-refractivity contribution in [2.24, 2.45) is 0 Å². The molecule has 1 aliphatic carbocycles. The van der Waals surface area contributed by atoms with Crippen molar-refractivity contribution >= 4 is 32.6 Å². The molecule has 1 aliphatic rings. The summed E-state index contributed by atoms with van der Waals surface area (Å²) < 4.78 is 2.46. The predicted octanol–water partition coefficient (Wildman–Crippen LogP) is 13.1. The van der Waals surface area contributed by atoms with Gasteiger partial charge in [-0.05, 0) is 99.2 Å². The number of rotatable bonds is 5. The quantitative estimate of drug-likeness (QED) is 0.179. The fourth-order valence-corrected chi connectivity index (χ4v) is 8.64. The number of benzene rings is 7. The normalized spacial score (nSPS) is 14.7. The molecule has 4 nitrogen and oxygen atoms in total. The van der Waals surface area contributed by atoms with Gasteiger partial charge < -0.3 is 4.57 Å². The average Bonchev–Trinajstić information content (AvgIpc) is 3.56. The van der Waals surface area contributed by atoms with Crippen molar-refractivity contribution in [2.75, 3.05) is 0 Å². The zero-order chi connectivity index (χ0) is 37.3. The van der Waals surface area contributed by atoms with Crippen molar-refractivity contribution in [3.63, 3.8) is 0 Å². The second-order valence-corrected chi connectivity index (χ2v) is 16.4. The maximum Gasteiger partial charge on any atom is 0.164 e. The summed E-state index contributed by atoms with van der Waals surface area (Å²) in [5.41, 5.74) is 12.0. The van der Waals surface area contributed by atoms with Gasteiger partial charge in [0.15, 0.2) is 17.5 Å². The largest absolute Gasteiger partial charge is 0.309 e. The fourth-order valence-electron chi connectivity index (χ4n) is 8.64. The lowest BCUT2D eigenvalue weighted by Gasteiger charge is -2.42. The summed E-state index contributed by atoms with van der Waals surface area (Å²) >= 11 is 0. The van der Waals surface area contributed by atoms with E-state index in [0.717, 1.165) is 38.9 Å². The topological polar surface area (TPSA) is 43.6 Å². The van der Waals surface area contributed by atoms with Gasteiger partial charge in [0.05, 0.1) is 11.0 Å². The second-order valence-electron chi connectivity index (χ2n) is 16.4. The standard InChI is InChI=1S/C51H42N4/c1-50(2)26-27-51(3,4)44-32-46-42(31-43(44)50)41-20-11-12-21-45(41)55(46)40-25-24-36-29-39(23-22-37(36)30-40)49-53-47(34-16-9-6-10-17-34)52-48(54-49)38-19-13-18-35(28-38)33-14-7-5-8-15-33/h5-25,28-32H,26-27H2,1-4H3. The summed E-state index contributed by atoms with van der Waals surface area (Å²) in [5.74, 6) is 1.95. The molecule has 0 unspecified atom stereocenters. The Kier molecular flexibility index (Phi) is 7.60. The Morgan fingerprint density at radius 1 is 0.400 bits per heavy atom. The minimum absolute atomic E-state index is 0.125. The zero-order valence-electron chi connectivity index (χ0n) is 31.7. The van der Waals surface area contributed by atoms with Crippen molar-refractivity contribution in [3.05, 3.63) is 169 Å². The van der Waals surface area contributed by atoms with Gasteiger partial charge in [-0.3, -0.25) is 0 Å². The minimum Gasteiger partial charge on any atom is -0.309 e.